The van der Waals surface area contributed by atoms with Crippen LogP contribution in [-0.2, 0) is 66.5 Å². The molecule has 4 aliphatic heterocycles. The molecule has 0 aromatic carbocycles. The molecule has 0 spiro atoms. The number of carbonyl (C=O) groups excluding carboxylic acids is 3. The lowest BCUT2D eigenvalue weighted by Crippen LogP contribution is -2.67. The first-order chi connectivity index (χ1) is 38.7. The van der Waals surface area contributed by atoms with Gasteiger partial charge < -0.3 is 104 Å². The number of rotatable bonds is 13. The largest absolute Gasteiger partial charge is 0.479 e. The summed E-state index contributed by atoms with van der Waals surface area (Å²) < 4.78 is 58.6. The molecule has 0 bridgehead atoms. The molecule has 0 radical (unpaired) electrons. The summed E-state index contributed by atoms with van der Waals surface area (Å²) in [6.45, 7) is 17.9. The van der Waals surface area contributed by atoms with E-state index in [1.165, 1.54) is 12.5 Å². The molecule has 472 valence electrons. The summed E-state index contributed by atoms with van der Waals surface area (Å²) in [5.74, 6) is -3.88. The fourth-order valence-corrected chi connectivity index (χ4v) is 16.9. The van der Waals surface area contributed by atoms with Gasteiger partial charge in [0, 0.05) is 13.8 Å². The van der Waals surface area contributed by atoms with Crippen molar-refractivity contribution in [2.75, 3.05) is 13.2 Å². The number of ether oxygens (including phenoxy) is 10. The van der Waals surface area contributed by atoms with Crippen LogP contribution in [-0.4, -0.2) is 222 Å². The van der Waals surface area contributed by atoms with E-state index in [9.17, 15) is 70.6 Å². The van der Waals surface area contributed by atoms with Crippen molar-refractivity contribution in [2.45, 2.75) is 262 Å². The molecule has 0 aromatic heterocycles. The Kier molecular flexibility index (Phi) is 18.2. The topological polar surface area (TPSA) is 383 Å². The number of allylic oxidation sites excluding steroid dienone is 2. The molecule has 4 saturated heterocycles. The van der Waals surface area contributed by atoms with Gasteiger partial charge in [-0.15, -0.1) is 0 Å². The average Bonchev–Trinajstić information content (AvgIpc) is 0.745. The van der Waals surface area contributed by atoms with Gasteiger partial charge in [-0.1, -0.05) is 60.1 Å². The van der Waals surface area contributed by atoms with Gasteiger partial charge in [-0.2, -0.15) is 0 Å². The molecule has 0 unspecified atom stereocenters. The SMILES string of the molecule is CC(=O)OC[C@H]1O[C@@H](O[C@@H]2[C@H](OC(=O)[C@]34CCC(C)(C)C[C@H]3C3=CC[C@@H]5[C@@]6(C)CC[C@H](O[C@@H]7O[C@H](C(=O)O)[C@@H](O)[C@H](O[C@@H]8O[C@@H](C)[C@H](O)[C@@H](O)[C@H]8O)[C@H]7O)C(C)(C)[C@@H]6CC[C@@]5(C)[C@]3(C)CC4)O[C@H](CO)[C@@H](O)[C@@H]2O)[C@H](O)[C@@H](O)[C@@H]1OC(C)=O. The summed E-state index contributed by atoms with van der Waals surface area (Å²) in [6.07, 6.45) is -26.0. The van der Waals surface area contributed by atoms with E-state index in [-0.39, 0.29) is 34.0 Å². The van der Waals surface area contributed by atoms with Crippen molar-refractivity contribution in [2.24, 2.45) is 50.2 Å². The Balaban J connectivity index is 0.953. The zero-order valence-corrected chi connectivity index (χ0v) is 49.1. The van der Waals surface area contributed by atoms with E-state index in [0.717, 1.165) is 26.7 Å². The first-order valence-electron chi connectivity index (χ1n) is 29.4. The lowest BCUT2D eigenvalue weighted by Gasteiger charge is -2.71. The van der Waals surface area contributed by atoms with Crippen LogP contribution in [0, 0.1) is 50.2 Å². The molecule has 25 heteroatoms. The quantitative estimate of drug-likeness (QED) is 0.0509. The number of fused-ring (bicyclic) bond motifs is 7. The summed E-state index contributed by atoms with van der Waals surface area (Å²) in [7, 11) is 0. The predicted molar refractivity (Wildman–Crippen MR) is 281 cm³/mol. The predicted octanol–water partition coefficient (Wildman–Crippen LogP) is 0.226. The Morgan fingerprint density at radius 2 is 1.20 bits per heavy atom. The van der Waals surface area contributed by atoms with Gasteiger partial charge >= 0.3 is 23.9 Å². The lowest BCUT2D eigenvalue weighted by atomic mass is 9.33. The second-order valence-corrected chi connectivity index (χ2v) is 27.5. The van der Waals surface area contributed by atoms with E-state index in [0.29, 0.717) is 51.4 Å². The highest BCUT2D eigenvalue weighted by molar-refractivity contribution is 5.79. The molecule has 4 saturated carbocycles. The Hall–Kier alpha value is -3.06. The number of aliphatic hydroxyl groups is 10. The van der Waals surface area contributed by atoms with Gasteiger partial charge in [0.2, 0.25) is 6.29 Å². The summed E-state index contributed by atoms with van der Waals surface area (Å²) in [6, 6.07) is 0. The first-order valence-corrected chi connectivity index (χ1v) is 29.4. The third-order valence-corrected chi connectivity index (χ3v) is 21.9. The maximum absolute atomic E-state index is 15.5. The number of carbonyl (C=O) groups is 4. The highest BCUT2D eigenvalue weighted by Crippen LogP contribution is 2.76. The van der Waals surface area contributed by atoms with E-state index >= 15 is 4.79 Å². The molecule has 9 rings (SSSR count). The van der Waals surface area contributed by atoms with E-state index in [4.69, 9.17) is 47.4 Å². The second-order valence-electron chi connectivity index (χ2n) is 27.5. The van der Waals surface area contributed by atoms with Gasteiger partial charge in [0.1, 0.15) is 79.9 Å². The van der Waals surface area contributed by atoms with Crippen LogP contribution in [0.2, 0.25) is 0 Å². The Morgan fingerprint density at radius 3 is 1.86 bits per heavy atom. The number of aliphatic hydroxyl groups excluding tert-OH is 10. The molecule has 5 aliphatic carbocycles. The van der Waals surface area contributed by atoms with Gasteiger partial charge in [0.05, 0.1) is 24.2 Å². The monoisotopic (exact) mass is 1190 g/mol. The molecule has 83 heavy (non-hydrogen) atoms. The van der Waals surface area contributed by atoms with Gasteiger partial charge in [0.15, 0.2) is 37.2 Å². The smallest absolute Gasteiger partial charge is 0.335 e. The normalized spacial score (nSPS) is 50.2. The Morgan fingerprint density at radius 1 is 0.590 bits per heavy atom. The van der Waals surface area contributed by atoms with Crippen LogP contribution < -0.4 is 0 Å². The van der Waals surface area contributed by atoms with Crippen LogP contribution in [0.4, 0.5) is 0 Å². The zero-order valence-electron chi connectivity index (χ0n) is 49.1. The Bertz CT molecular complexity index is 2420. The molecule has 28 atom stereocenters. The standard InChI is InChI=1S/C58H90O25/c1-24-34(62)36(64)39(67)48(75-24)80-44-41(69)45(47(71)72)81-50(42(44)70)79-33-14-15-55(8)31(54(33,6)7)13-16-57(10)32(55)12-11-27-28-21-53(4,5)17-19-58(28,20-18-56(27,57)9)52(73)83-51-46(37(65)35(63)29(22-59)77-51)82-49-40(68)38(66)43(76-26(3)61)30(78-49)23-74-25(2)60/h11,24,28-46,48-51,59,62-70H,12-23H2,1-10H3,(H,71,72)/t24-,28-,29+,30+,31-,32+,33-,34-,35+,36+,37-,38+,39+,40+,41-,42+,43+,44-,45-,46-,48-,49-,50+,51-,55-,56+,57+,58-/m0/s1. The molecule has 11 N–H and O–H groups in total. The maximum Gasteiger partial charge on any atom is 0.335 e. The lowest BCUT2D eigenvalue weighted by molar-refractivity contribution is -0.364. The van der Waals surface area contributed by atoms with Gasteiger partial charge in [-0.3, -0.25) is 14.4 Å². The van der Waals surface area contributed by atoms with Crippen molar-refractivity contribution in [1.82, 2.24) is 0 Å². The minimum atomic E-state index is -1.96. The summed E-state index contributed by atoms with van der Waals surface area (Å²) in [4.78, 5) is 51.8. The summed E-state index contributed by atoms with van der Waals surface area (Å²) >= 11 is 0. The molecule has 4 heterocycles. The molecule has 0 amide bonds. The van der Waals surface area contributed by atoms with Crippen LogP contribution in [0.15, 0.2) is 11.6 Å². The van der Waals surface area contributed by atoms with Gasteiger partial charge in [-0.05, 0) is 116 Å². The van der Waals surface area contributed by atoms with E-state index in [1.807, 2.05) is 0 Å². The van der Waals surface area contributed by atoms with Crippen LogP contribution in [0.5, 0.6) is 0 Å². The zero-order chi connectivity index (χ0) is 61.0. The molecule has 8 fully saturated rings. The van der Waals surface area contributed by atoms with Crippen molar-refractivity contribution in [1.29, 1.82) is 0 Å². The Labute approximate surface area is 482 Å². The number of esters is 3. The summed E-state index contributed by atoms with van der Waals surface area (Å²) in [5.41, 5.74) is -1.70. The maximum atomic E-state index is 15.5. The van der Waals surface area contributed by atoms with E-state index in [1.54, 1.807) is 0 Å². The van der Waals surface area contributed by atoms with Crippen LogP contribution in [0.1, 0.15) is 133 Å². The van der Waals surface area contributed by atoms with Crippen LogP contribution >= 0.6 is 0 Å². The number of carboxylic acids is 1. The third-order valence-electron chi connectivity index (χ3n) is 21.9. The number of aliphatic carboxylic acids is 1. The van der Waals surface area contributed by atoms with Crippen molar-refractivity contribution in [3.05, 3.63) is 11.6 Å². The number of hydrogen-bond donors (Lipinski definition) is 11. The second kappa shape index (κ2) is 23.5. The van der Waals surface area contributed by atoms with Crippen LogP contribution in [0.25, 0.3) is 0 Å². The minimum absolute atomic E-state index is 0.0474. The van der Waals surface area contributed by atoms with Crippen molar-refractivity contribution in [3.8, 4) is 0 Å². The minimum Gasteiger partial charge on any atom is -0.479 e. The fourth-order valence-electron chi connectivity index (χ4n) is 16.9. The number of carboxylic acid groups (broad SMARTS) is 1. The first kappa shape index (κ1) is 64.4. The highest BCUT2D eigenvalue weighted by Gasteiger charge is 2.70. The van der Waals surface area contributed by atoms with E-state index in [2.05, 4.69) is 54.5 Å². The highest BCUT2D eigenvalue weighted by atomic mass is 16.8. The molecular formula is C58H90O25. The van der Waals surface area contributed by atoms with Crippen molar-refractivity contribution in [3.63, 3.8) is 0 Å². The van der Waals surface area contributed by atoms with Gasteiger partial charge in [-0.25, -0.2) is 4.79 Å². The molecular weight excluding hydrogens is 1100 g/mol. The fraction of sp³-hybridized carbons (Fsp3) is 0.897. The van der Waals surface area contributed by atoms with E-state index < -0.39 is 182 Å². The molecule has 9 aliphatic rings. The summed E-state index contributed by atoms with van der Waals surface area (Å²) in [5, 5.41) is 120. The van der Waals surface area contributed by atoms with Crippen LogP contribution in [0.3, 0.4) is 0 Å². The number of hydrogen-bond acceptors (Lipinski definition) is 24. The third kappa shape index (κ3) is 11.1. The van der Waals surface area contributed by atoms with Crippen molar-refractivity contribution < 1.29 is 123 Å². The van der Waals surface area contributed by atoms with Crippen molar-refractivity contribution >= 4 is 23.9 Å². The average molecular weight is 1190 g/mol. The van der Waals surface area contributed by atoms with Gasteiger partial charge in [0.25, 0.3) is 0 Å². The molecule has 0 aromatic rings. The molecule has 25 nitrogen and oxygen atoms in total.